The average Bonchev–Trinajstić information content (AvgIpc) is 3.04. The number of likely N-dealkylation sites (N-methyl/N-ethyl adjacent to an activating group) is 1. The summed E-state index contributed by atoms with van der Waals surface area (Å²) in [5.74, 6) is 0. The van der Waals surface area contributed by atoms with Crippen molar-refractivity contribution in [1.29, 1.82) is 0 Å². The molecule has 2 aromatic rings. The van der Waals surface area contributed by atoms with Crippen LogP contribution in [0.5, 0.6) is 0 Å². The second-order valence-corrected chi connectivity index (χ2v) is 7.36. The molecule has 0 atom stereocenters. The molecule has 5 heteroatoms. The van der Waals surface area contributed by atoms with Gasteiger partial charge in [-0.3, -0.25) is 9.88 Å². The first-order valence-electron chi connectivity index (χ1n) is 8.14. The van der Waals surface area contributed by atoms with Crippen molar-refractivity contribution in [2.75, 3.05) is 33.8 Å². The summed E-state index contributed by atoms with van der Waals surface area (Å²) in [4.78, 5) is 10.5. The van der Waals surface area contributed by atoms with E-state index in [0.717, 1.165) is 39.2 Å². The molecule has 4 nitrogen and oxygen atoms in total. The zero-order chi connectivity index (χ0) is 16.1. The first kappa shape index (κ1) is 16.6. The minimum atomic E-state index is 0.676. The number of rotatable bonds is 7. The van der Waals surface area contributed by atoms with E-state index in [1.807, 2.05) is 23.7 Å². The van der Waals surface area contributed by atoms with Crippen LogP contribution in [0, 0.1) is 0 Å². The lowest BCUT2D eigenvalue weighted by Gasteiger charge is -2.29. The third-order valence-corrected chi connectivity index (χ3v) is 5.07. The molecule has 0 aromatic carbocycles. The first-order chi connectivity index (χ1) is 11.2. The Labute approximate surface area is 142 Å². The van der Waals surface area contributed by atoms with Gasteiger partial charge < -0.3 is 9.64 Å². The Hall–Kier alpha value is -1.27. The van der Waals surface area contributed by atoms with E-state index in [1.165, 1.54) is 21.6 Å². The van der Waals surface area contributed by atoms with E-state index in [0.29, 0.717) is 6.61 Å². The summed E-state index contributed by atoms with van der Waals surface area (Å²) in [7, 11) is 4.13. The van der Waals surface area contributed by atoms with Crippen LogP contribution in [0.3, 0.4) is 0 Å². The molecule has 0 amide bonds. The molecule has 0 aliphatic carbocycles. The lowest BCUT2D eigenvalue weighted by molar-refractivity contribution is 0.104. The largest absolute Gasteiger partial charge is 0.375 e. The van der Waals surface area contributed by atoms with Crippen molar-refractivity contribution >= 4 is 11.3 Å². The van der Waals surface area contributed by atoms with Gasteiger partial charge in [0.2, 0.25) is 0 Å². The third-order valence-electron chi connectivity index (χ3n) is 4.21. The van der Waals surface area contributed by atoms with Crippen molar-refractivity contribution in [3.63, 3.8) is 0 Å². The molecular formula is C18H25N3OS. The van der Waals surface area contributed by atoms with Gasteiger partial charge in [0.15, 0.2) is 0 Å². The van der Waals surface area contributed by atoms with E-state index in [4.69, 9.17) is 4.74 Å². The SMILES string of the molecule is CN(C)CCOCc1cncc2c1CCN(Cc1cccs1)C2. The van der Waals surface area contributed by atoms with Gasteiger partial charge in [-0.15, -0.1) is 11.3 Å². The molecule has 23 heavy (non-hydrogen) atoms. The van der Waals surface area contributed by atoms with Crippen LogP contribution in [0.2, 0.25) is 0 Å². The zero-order valence-corrected chi connectivity index (χ0v) is 14.8. The van der Waals surface area contributed by atoms with Gasteiger partial charge in [-0.05, 0) is 48.7 Å². The van der Waals surface area contributed by atoms with Gasteiger partial charge in [-0.25, -0.2) is 0 Å². The van der Waals surface area contributed by atoms with Gasteiger partial charge >= 0.3 is 0 Å². The molecule has 1 aliphatic heterocycles. The Morgan fingerprint density at radius 2 is 2.26 bits per heavy atom. The molecule has 0 radical (unpaired) electrons. The highest BCUT2D eigenvalue weighted by molar-refractivity contribution is 7.09. The van der Waals surface area contributed by atoms with E-state index in [-0.39, 0.29) is 0 Å². The lowest BCUT2D eigenvalue weighted by Crippen LogP contribution is -2.30. The van der Waals surface area contributed by atoms with Crippen LogP contribution in [-0.2, 0) is 30.9 Å². The number of aromatic nitrogens is 1. The summed E-state index contributed by atoms with van der Waals surface area (Å²) in [6, 6.07) is 4.34. The quantitative estimate of drug-likeness (QED) is 0.730. The first-order valence-corrected chi connectivity index (χ1v) is 9.02. The summed E-state index contributed by atoms with van der Waals surface area (Å²) in [6.45, 7) is 5.54. The monoisotopic (exact) mass is 331 g/mol. The highest BCUT2D eigenvalue weighted by Crippen LogP contribution is 2.24. The van der Waals surface area contributed by atoms with Crippen LogP contribution >= 0.6 is 11.3 Å². The summed E-state index contributed by atoms with van der Waals surface area (Å²) < 4.78 is 5.82. The Kier molecular flexibility index (Phi) is 5.78. The van der Waals surface area contributed by atoms with Crippen LogP contribution in [-0.4, -0.2) is 48.6 Å². The number of fused-ring (bicyclic) bond motifs is 1. The summed E-state index contributed by atoms with van der Waals surface area (Å²) in [5, 5.41) is 2.15. The summed E-state index contributed by atoms with van der Waals surface area (Å²) >= 11 is 1.84. The predicted molar refractivity (Wildman–Crippen MR) is 94.6 cm³/mol. The number of pyridine rings is 1. The molecule has 1 aliphatic rings. The minimum absolute atomic E-state index is 0.676. The standard InChI is InChI=1S/C18H25N3OS/c1-20(2)7-8-22-14-16-11-19-10-15-12-21(6-5-18(15)16)13-17-4-3-9-23-17/h3-4,9-11H,5-8,12-14H2,1-2H3. The summed E-state index contributed by atoms with van der Waals surface area (Å²) in [6.07, 6.45) is 5.10. The van der Waals surface area contributed by atoms with E-state index in [2.05, 4.69) is 46.4 Å². The van der Waals surface area contributed by atoms with Gasteiger partial charge in [-0.2, -0.15) is 0 Å². The van der Waals surface area contributed by atoms with Gasteiger partial charge in [-0.1, -0.05) is 6.07 Å². The van der Waals surface area contributed by atoms with Gasteiger partial charge in [0.05, 0.1) is 13.2 Å². The highest BCUT2D eigenvalue weighted by Gasteiger charge is 2.19. The Morgan fingerprint density at radius 3 is 3.04 bits per heavy atom. The van der Waals surface area contributed by atoms with Crippen molar-refractivity contribution in [3.8, 4) is 0 Å². The maximum Gasteiger partial charge on any atom is 0.0735 e. The fourth-order valence-corrected chi connectivity index (χ4v) is 3.68. The molecule has 0 spiro atoms. The van der Waals surface area contributed by atoms with E-state index in [9.17, 15) is 0 Å². The van der Waals surface area contributed by atoms with E-state index >= 15 is 0 Å². The van der Waals surface area contributed by atoms with E-state index < -0.39 is 0 Å². The van der Waals surface area contributed by atoms with Crippen LogP contribution in [0.15, 0.2) is 29.9 Å². The molecule has 0 N–H and O–H groups in total. The van der Waals surface area contributed by atoms with Crippen LogP contribution in [0.4, 0.5) is 0 Å². The fraction of sp³-hybridized carbons (Fsp3) is 0.500. The molecule has 0 fully saturated rings. The van der Waals surface area contributed by atoms with Crippen molar-refractivity contribution in [2.45, 2.75) is 26.1 Å². The molecule has 0 unspecified atom stereocenters. The summed E-state index contributed by atoms with van der Waals surface area (Å²) in [5.41, 5.74) is 4.07. The normalized spacial score (nSPS) is 15.1. The van der Waals surface area contributed by atoms with Crippen LogP contribution < -0.4 is 0 Å². The van der Waals surface area contributed by atoms with E-state index in [1.54, 1.807) is 0 Å². The Morgan fingerprint density at radius 1 is 1.35 bits per heavy atom. The topological polar surface area (TPSA) is 28.6 Å². The van der Waals surface area contributed by atoms with Crippen LogP contribution in [0.25, 0.3) is 0 Å². The number of ether oxygens (including phenoxy) is 1. The molecule has 0 saturated carbocycles. The molecule has 124 valence electrons. The Bertz CT molecular complexity index is 613. The van der Waals surface area contributed by atoms with Crippen molar-refractivity contribution in [1.82, 2.24) is 14.8 Å². The average molecular weight is 331 g/mol. The smallest absolute Gasteiger partial charge is 0.0735 e. The lowest BCUT2D eigenvalue weighted by atomic mass is 9.97. The maximum atomic E-state index is 5.82. The molecular weight excluding hydrogens is 306 g/mol. The predicted octanol–water partition coefficient (Wildman–Crippen LogP) is 2.78. The number of hydrogen-bond donors (Lipinski definition) is 0. The second kappa shape index (κ2) is 8.02. The number of hydrogen-bond acceptors (Lipinski definition) is 5. The maximum absolute atomic E-state index is 5.82. The van der Waals surface area contributed by atoms with Crippen LogP contribution in [0.1, 0.15) is 21.6 Å². The third kappa shape index (κ3) is 4.61. The zero-order valence-electron chi connectivity index (χ0n) is 14.0. The second-order valence-electron chi connectivity index (χ2n) is 6.33. The number of nitrogens with zero attached hydrogens (tertiary/aromatic N) is 3. The Balaban J connectivity index is 1.59. The molecule has 3 heterocycles. The molecule has 0 saturated heterocycles. The van der Waals surface area contributed by atoms with Gasteiger partial charge in [0.25, 0.3) is 0 Å². The molecule has 3 rings (SSSR count). The molecule has 2 aromatic heterocycles. The highest BCUT2D eigenvalue weighted by atomic mass is 32.1. The van der Waals surface area contributed by atoms with Crippen molar-refractivity contribution in [3.05, 3.63) is 51.5 Å². The van der Waals surface area contributed by atoms with Crippen molar-refractivity contribution < 1.29 is 4.74 Å². The van der Waals surface area contributed by atoms with Gasteiger partial charge in [0, 0.05) is 43.4 Å². The fourth-order valence-electron chi connectivity index (χ4n) is 2.94. The van der Waals surface area contributed by atoms with Crippen molar-refractivity contribution in [2.24, 2.45) is 0 Å². The van der Waals surface area contributed by atoms with Gasteiger partial charge in [0.1, 0.15) is 0 Å². The number of thiophene rings is 1. The minimum Gasteiger partial charge on any atom is -0.375 e. The molecule has 0 bridgehead atoms.